The van der Waals surface area contributed by atoms with E-state index in [4.69, 9.17) is 9.15 Å². The molecule has 3 aromatic rings. The maximum atomic E-state index is 12.6. The van der Waals surface area contributed by atoms with E-state index in [9.17, 15) is 4.79 Å². The lowest BCUT2D eigenvalue weighted by atomic mass is 10.1. The number of aromatic nitrogens is 2. The Morgan fingerprint density at radius 1 is 1.22 bits per heavy atom. The minimum atomic E-state index is -0.170. The molecule has 1 aromatic carbocycles. The lowest BCUT2D eigenvalue weighted by molar-refractivity contribution is 0.0745. The largest absolute Gasteiger partial charge is 0.485 e. The van der Waals surface area contributed by atoms with Gasteiger partial charge in [0.05, 0.1) is 12.2 Å². The van der Waals surface area contributed by atoms with Crippen molar-refractivity contribution in [2.24, 2.45) is 0 Å². The Balaban J connectivity index is 1.62. The first-order chi connectivity index (χ1) is 13.0. The molecule has 0 bridgehead atoms. The number of benzene rings is 1. The summed E-state index contributed by atoms with van der Waals surface area (Å²) in [6.07, 6.45) is 1.74. The highest BCUT2D eigenvalue weighted by Crippen LogP contribution is 2.21. The summed E-state index contributed by atoms with van der Waals surface area (Å²) in [6, 6.07) is 11.5. The maximum Gasteiger partial charge on any atom is 0.289 e. The van der Waals surface area contributed by atoms with E-state index in [0.29, 0.717) is 18.1 Å². The van der Waals surface area contributed by atoms with Crippen LogP contribution in [0.4, 0.5) is 0 Å². The number of rotatable bonds is 7. The van der Waals surface area contributed by atoms with Crippen LogP contribution in [-0.2, 0) is 19.7 Å². The maximum absolute atomic E-state index is 12.6. The van der Waals surface area contributed by atoms with Gasteiger partial charge in [-0.2, -0.15) is 5.10 Å². The van der Waals surface area contributed by atoms with Crippen molar-refractivity contribution in [2.45, 2.75) is 40.5 Å². The molecule has 1 amide bonds. The van der Waals surface area contributed by atoms with Crippen LogP contribution in [0.25, 0.3) is 0 Å². The zero-order valence-corrected chi connectivity index (χ0v) is 16.2. The number of nitrogens with zero attached hydrogens (tertiary/aromatic N) is 3. The van der Waals surface area contributed by atoms with Gasteiger partial charge in [0.1, 0.15) is 18.1 Å². The number of carbonyl (C=O) groups is 1. The molecule has 0 aliphatic rings. The zero-order chi connectivity index (χ0) is 19.4. The SMILES string of the molecule is CCn1nccc1CN(C)C(=O)c1ccc(COc2cc(C)ccc2C)o1. The quantitative estimate of drug-likeness (QED) is 0.634. The summed E-state index contributed by atoms with van der Waals surface area (Å²) in [6.45, 7) is 7.57. The van der Waals surface area contributed by atoms with Gasteiger partial charge in [0.2, 0.25) is 0 Å². The Morgan fingerprint density at radius 2 is 2.04 bits per heavy atom. The van der Waals surface area contributed by atoms with E-state index in [-0.39, 0.29) is 12.5 Å². The van der Waals surface area contributed by atoms with E-state index in [1.807, 2.05) is 49.7 Å². The Kier molecular flexibility index (Phi) is 5.64. The Morgan fingerprint density at radius 3 is 2.81 bits per heavy atom. The molecule has 142 valence electrons. The minimum absolute atomic E-state index is 0.170. The van der Waals surface area contributed by atoms with Crippen molar-refractivity contribution in [3.8, 4) is 5.75 Å². The van der Waals surface area contributed by atoms with Crippen LogP contribution in [0.1, 0.15) is 40.1 Å². The number of ether oxygens (including phenoxy) is 1. The van der Waals surface area contributed by atoms with Crippen molar-refractivity contribution in [2.75, 3.05) is 7.05 Å². The van der Waals surface area contributed by atoms with Gasteiger partial charge >= 0.3 is 0 Å². The van der Waals surface area contributed by atoms with Crippen LogP contribution in [0.15, 0.2) is 47.0 Å². The highest BCUT2D eigenvalue weighted by atomic mass is 16.5. The summed E-state index contributed by atoms with van der Waals surface area (Å²) >= 11 is 0. The average Bonchev–Trinajstić information content (AvgIpc) is 3.31. The van der Waals surface area contributed by atoms with Crippen LogP contribution in [0.2, 0.25) is 0 Å². The molecule has 6 nitrogen and oxygen atoms in total. The van der Waals surface area contributed by atoms with Gasteiger partial charge in [0.15, 0.2) is 5.76 Å². The molecule has 0 unspecified atom stereocenters. The Hall–Kier alpha value is -3.02. The third-order valence-corrected chi connectivity index (χ3v) is 4.44. The number of hydrogen-bond donors (Lipinski definition) is 0. The van der Waals surface area contributed by atoms with Gasteiger partial charge in [-0.1, -0.05) is 12.1 Å². The van der Waals surface area contributed by atoms with Gasteiger partial charge in [-0.15, -0.1) is 0 Å². The van der Waals surface area contributed by atoms with Crippen molar-refractivity contribution in [3.63, 3.8) is 0 Å². The molecule has 2 aromatic heterocycles. The van der Waals surface area contributed by atoms with Crippen molar-refractivity contribution < 1.29 is 13.9 Å². The van der Waals surface area contributed by atoms with E-state index >= 15 is 0 Å². The molecular weight excluding hydrogens is 342 g/mol. The van der Waals surface area contributed by atoms with E-state index in [0.717, 1.165) is 29.1 Å². The molecule has 0 radical (unpaired) electrons. The average molecular weight is 367 g/mol. The van der Waals surface area contributed by atoms with E-state index < -0.39 is 0 Å². The van der Waals surface area contributed by atoms with E-state index in [1.54, 1.807) is 30.3 Å². The summed E-state index contributed by atoms with van der Waals surface area (Å²) < 4.78 is 13.4. The Bertz CT molecular complexity index is 926. The summed E-state index contributed by atoms with van der Waals surface area (Å²) in [5, 5.41) is 4.23. The predicted octanol–water partition coefficient (Wildman–Crippen LogP) is 3.96. The molecule has 0 atom stereocenters. The normalized spacial score (nSPS) is 10.8. The molecule has 0 fully saturated rings. The van der Waals surface area contributed by atoms with Gasteiger partial charge in [-0.05, 0) is 56.2 Å². The van der Waals surface area contributed by atoms with Crippen LogP contribution in [0, 0.1) is 13.8 Å². The number of carbonyl (C=O) groups excluding carboxylic acids is 1. The summed E-state index contributed by atoms with van der Waals surface area (Å²) in [5.41, 5.74) is 3.19. The van der Waals surface area contributed by atoms with Crippen molar-refractivity contribution in [1.29, 1.82) is 0 Å². The molecule has 2 heterocycles. The second kappa shape index (κ2) is 8.12. The summed E-state index contributed by atoms with van der Waals surface area (Å²) in [4.78, 5) is 14.2. The monoisotopic (exact) mass is 367 g/mol. The van der Waals surface area contributed by atoms with Crippen LogP contribution in [-0.4, -0.2) is 27.6 Å². The number of amides is 1. The Labute approximate surface area is 159 Å². The van der Waals surface area contributed by atoms with Gasteiger partial charge in [-0.3, -0.25) is 9.48 Å². The van der Waals surface area contributed by atoms with Crippen molar-refractivity contribution in [3.05, 3.63) is 70.9 Å². The van der Waals surface area contributed by atoms with Gasteiger partial charge in [-0.25, -0.2) is 0 Å². The second-order valence-corrected chi connectivity index (χ2v) is 6.62. The first-order valence-corrected chi connectivity index (χ1v) is 9.03. The fraction of sp³-hybridized carbons (Fsp3) is 0.333. The van der Waals surface area contributed by atoms with Crippen LogP contribution in [0.5, 0.6) is 5.75 Å². The summed E-state index contributed by atoms with van der Waals surface area (Å²) in [5.74, 6) is 1.58. The summed E-state index contributed by atoms with van der Waals surface area (Å²) in [7, 11) is 1.75. The molecule has 0 N–H and O–H groups in total. The fourth-order valence-electron chi connectivity index (χ4n) is 2.86. The van der Waals surface area contributed by atoms with E-state index in [1.165, 1.54) is 0 Å². The highest BCUT2D eigenvalue weighted by Gasteiger charge is 2.18. The smallest absolute Gasteiger partial charge is 0.289 e. The molecule has 6 heteroatoms. The first-order valence-electron chi connectivity index (χ1n) is 9.03. The molecule has 0 aliphatic carbocycles. The minimum Gasteiger partial charge on any atom is -0.485 e. The van der Waals surface area contributed by atoms with Crippen molar-refractivity contribution >= 4 is 5.91 Å². The lowest BCUT2D eigenvalue weighted by Crippen LogP contribution is -2.27. The molecule has 0 aliphatic heterocycles. The third kappa shape index (κ3) is 4.39. The van der Waals surface area contributed by atoms with Gasteiger partial charge < -0.3 is 14.1 Å². The molecule has 3 rings (SSSR count). The predicted molar refractivity (Wildman–Crippen MR) is 103 cm³/mol. The fourth-order valence-corrected chi connectivity index (χ4v) is 2.86. The van der Waals surface area contributed by atoms with Crippen LogP contribution in [0.3, 0.4) is 0 Å². The topological polar surface area (TPSA) is 60.5 Å². The lowest BCUT2D eigenvalue weighted by Gasteiger charge is -2.16. The van der Waals surface area contributed by atoms with Gasteiger partial charge in [0, 0.05) is 19.8 Å². The van der Waals surface area contributed by atoms with E-state index in [2.05, 4.69) is 5.10 Å². The number of hydrogen-bond acceptors (Lipinski definition) is 4. The molecule has 27 heavy (non-hydrogen) atoms. The third-order valence-electron chi connectivity index (χ3n) is 4.44. The number of furan rings is 1. The molecule has 0 saturated carbocycles. The zero-order valence-electron chi connectivity index (χ0n) is 16.2. The second-order valence-electron chi connectivity index (χ2n) is 6.62. The molecule has 0 spiro atoms. The number of aryl methyl sites for hydroxylation is 3. The first kappa shape index (κ1) is 18.8. The standard InChI is InChI=1S/C21H25N3O3/c1-5-24-17(10-11-22-24)13-23(4)21(25)19-9-8-18(27-19)14-26-20-12-15(2)6-7-16(20)3/h6-12H,5,13-14H2,1-4H3. The van der Waals surface area contributed by atoms with Crippen LogP contribution < -0.4 is 4.74 Å². The van der Waals surface area contributed by atoms with Crippen LogP contribution >= 0.6 is 0 Å². The molecule has 0 saturated heterocycles. The van der Waals surface area contributed by atoms with Crippen molar-refractivity contribution in [1.82, 2.24) is 14.7 Å². The van der Waals surface area contributed by atoms with Gasteiger partial charge in [0.25, 0.3) is 5.91 Å². The molecular formula is C21H25N3O3. The highest BCUT2D eigenvalue weighted by molar-refractivity contribution is 5.91.